The van der Waals surface area contributed by atoms with Crippen LogP contribution in [0.4, 0.5) is 5.13 Å². The van der Waals surface area contributed by atoms with Crippen LogP contribution in [0.15, 0.2) is 6.20 Å². The zero-order valence-corrected chi connectivity index (χ0v) is 13.4. The molecular formula is C15H23N3O2S. The number of carbonyl (C=O) groups is 1. The third-order valence-corrected chi connectivity index (χ3v) is 5.29. The molecule has 1 aromatic rings. The lowest BCUT2D eigenvalue weighted by Crippen LogP contribution is -2.42. The Balaban J connectivity index is 1.46. The molecule has 0 aliphatic carbocycles. The summed E-state index contributed by atoms with van der Waals surface area (Å²) in [5.74, 6) is 0.833. The largest absolute Gasteiger partial charge is 0.378 e. The molecule has 3 rings (SSSR count). The maximum atomic E-state index is 12.3. The van der Waals surface area contributed by atoms with E-state index in [1.54, 1.807) is 11.3 Å². The lowest BCUT2D eigenvalue weighted by atomic mass is 9.93. The fourth-order valence-electron chi connectivity index (χ4n) is 3.01. The van der Waals surface area contributed by atoms with Gasteiger partial charge in [0.15, 0.2) is 5.13 Å². The van der Waals surface area contributed by atoms with Crippen LogP contribution in [-0.2, 0) is 9.53 Å². The molecule has 1 aromatic heterocycles. The van der Waals surface area contributed by atoms with Gasteiger partial charge in [0.2, 0.25) is 5.91 Å². The van der Waals surface area contributed by atoms with Gasteiger partial charge in [0.25, 0.3) is 0 Å². The molecule has 2 fully saturated rings. The Morgan fingerprint density at radius 3 is 2.67 bits per heavy atom. The van der Waals surface area contributed by atoms with Gasteiger partial charge in [-0.05, 0) is 25.7 Å². The quantitative estimate of drug-likeness (QED) is 0.856. The van der Waals surface area contributed by atoms with Crippen LogP contribution in [0.5, 0.6) is 0 Å². The van der Waals surface area contributed by atoms with Crippen molar-refractivity contribution in [3.8, 4) is 0 Å². The van der Waals surface area contributed by atoms with Gasteiger partial charge in [-0.2, -0.15) is 0 Å². The number of amides is 1. The van der Waals surface area contributed by atoms with Crippen LogP contribution >= 0.6 is 11.3 Å². The number of nitrogens with zero attached hydrogens (tertiary/aromatic N) is 3. The summed E-state index contributed by atoms with van der Waals surface area (Å²) in [6.07, 6.45) is 4.82. The average Bonchev–Trinajstić information content (AvgIpc) is 2.95. The van der Waals surface area contributed by atoms with Gasteiger partial charge in [0, 0.05) is 43.7 Å². The van der Waals surface area contributed by atoms with Crippen molar-refractivity contribution in [1.29, 1.82) is 0 Å². The van der Waals surface area contributed by atoms with E-state index in [9.17, 15) is 4.79 Å². The summed E-state index contributed by atoms with van der Waals surface area (Å²) in [4.78, 5) is 22.3. The Kier molecular flexibility index (Phi) is 4.75. The van der Waals surface area contributed by atoms with Gasteiger partial charge in [0.05, 0.1) is 13.2 Å². The molecule has 6 heteroatoms. The van der Waals surface area contributed by atoms with E-state index in [2.05, 4.69) is 16.8 Å². The Labute approximate surface area is 129 Å². The van der Waals surface area contributed by atoms with E-state index in [1.807, 2.05) is 11.1 Å². The summed E-state index contributed by atoms with van der Waals surface area (Å²) in [6, 6.07) is 0. The highest BCUT2D eigenvalue weighted by Crippen LogP contribution is 2.28. The zero-order valence-electron chi connectivity index (χ0n) is 12.6. The number of hydrogen-bond donors (Lipinski definition) is 0. The van der Waals surface area contributed by atoms with Crippen molar-refractivity contribution in [3.05, 3.63) is 11.1 Å². The molecule has 21 heavy (non-hydrogen) atoms. The second-order valence-corrected chi connectivity index (χ2v) is 7.09. The van der Waals surface area contributed by atoms with Gasteiger partial charge in [-0.3, -0.25) is 4.79 Å². The highest BCUT2D eigenvalue weighted by Gasteiger charge is 2.25. The molecule has 5 nitrogen and oxygen atoms in total. The van der Waals surface area contributed by atoms with Gasteiger partial charge >= 0.3 is 0 Å². The molecule has 2 aliphatic rings. The van der Waals surface area contributed by atoms with Gasteiger partial charge in [0.1, 0.15) is 0 Å². The lowest BCUT2D eigenvalue weighted by molar-refractivity contribution is -0.136. The minimum atomic E-state index is 0.307. The van der Waals surface area contributed by atoms with E-state index < -0.39 is 0 Å². The first-order chi connectivity index (χ1) is 10.2. The van der Waals surface area contributed by atoms with E-state index in [0.29, 0.717) is 31.5 Å². The number of piperidine rings is 1. The summed E-state index contributed by atoms with van der Waals surface area (Å²) in [6.45, 7) is 7.03. The number of aromatic nitrogens is 1. The molecule has 116 valence electrons. The van der Waals surface area contributed by atoms with Crippen LogP contribution in [0.3, 0.4) is 0 Å². The van der Waals surface area contributed by atoms with Crippen molar-refractivity contribution >= 4 is 22.4 Å². The van der Waals surface area contributed by atoms with E-state index in [4.69, 9.17) is 4.74 Å². The van der Waals surface area contributed by atoms with Crippen molar-refractivity contribution < 1.29 is 9.53 Å². The molecular weight excluding hydrogens is 286 g/mol. The number of ether oxygens (including phenoxy) is 1. The normalized spacial score (nSPS) is 20.8. The van der Waals surface area contributed by atoms with Crippen molar-refractivity contribution in [2.45, 2.75) is 26.2 Å². The average molecular weight is 309 g/mol. The molecule has 0 spiro atoms. The third-order valence-electron chi connectivity index (χ3n) is 4.32. The summed E-state index contributed by atoms with van der Waals surface area (Å²) in [7, 11) is 0. The van der Waals surface area contributed by atoms with Gasteiger partial charge < -0.3 is 14.5 Å². The van der Waals surface area contributed by atoms with Gasteiger partial charge in [-0.15, -0.1) is 11.3 Å². The van der Waals surface area contributed by atoms with Gasteiger partial charge in [-0.25, -0.2) is 4.98 Å². The van der Waals surface area contributed by atoms with E-state index in [0.717, 1.165) is 44.2 Å². The molecule has 0 bridgehead atoms. The highest BCUT2D eigenvalue weighted by molar-refractivity contribution is 7.15. The zero-order chi connectivity index (χ0) is 14.7. The summed E-state index contributed by atoms with van der Waals surface area (Å²) in [5.41, 5.74) is 0. The smallest absolute Gasteiger partial charge is 0.223 e. The van der Waals surface area contributed by atoms with Crippen LogP contribution in [0, 0.1) is 12.8 Å². The molecule has 0 radical (unpaired) electrons. The minimum absolute atomic E-state index is 0.307. The first-order valence-corrected chi connectivity index (χ1v) is 8.57. The van der Waals surface area contributed by atoms with E-state index in [-0.39, 0.29) is 0 Å². The molecule has 0 unspecified atom stereocenters. The van der Waals surface area contributed by atoms with Gasteiger partial charge in [-0.1, -0.05) is 0 Å². The highest BCUT2D eigenvalue weighted by atomic mass is 32.1. The second kappa shape index (κ2) is 6.75. The van der Waals surface area contributed by atoms with E-state index >= 15 is 0 Å². The number of aryl methyl sites for hydroxylation is 1. The number of anilines is 1. The molecule has 2 aliphatic heterocycles. The fourth-order valence-corrected chi connectivity index (χ4v) is 3.82. The maximum Gasteiger partial charge on any atom is 0.223 e. The van der Waals surface area contributed by atoms with Crippen molar-refractivity contribution in [2.24, 2.45) is 5.92 Å². The predicted molar refractivity (Wildman–Crippen MR) is 83.8 cm³/mol. The monoisotopic (exact) mass is 309 g/mol. The van der Waals surface area contributed by atoms with Crippen molar-refractivity contribution in [3.63, 3.8) is 0 Å². The van der Waals surface area contributed by atoms with Crippen molar-refractivity contribution in [2.75, 3.05) is 44.3 Å². The second-order valence-electron chi connectivity index (χ2n) is 5.88. The van der Waals surface area contributed by atoms with Crippen LogP contribution in [-0.4, -0.2) is 55.2 Å². The molecule has 0 saturated carbocycles. The summed E-state index contributed by atoms with van der Waals surface area (Å²) >= 11 is 1.76. The Bertz CT molecular complexity index is 477. The Morgan fingerprint density at radius 2 is 2.05 bits per heavy atom. The number of carbonyl (C=O) groups excluding carboxylic acids is 1. The molecule has 0 atom stereocenters. The topological polar surface area (TPSA) is 45.7 Å². The van der Waals surface area contributed by atoms with Crippen LogP contribution < -0.4 is 4.90 Å². The minimum Gasteiger partial charge on any atom is -0.378 e. The molecule has 3 heterocycles. The maximum absolute atomic E-state index is 12.3. The summed E-state index contributed by atoms with van der Waals surface area (Å²) in [5, 5.41) is 1.13. The predicted octanol–water partition coefficient (Wildman–Crippen LogP) is 1.92. The Hall–Kier alpha value is -1.14. The number of morpholine rings is 1. The lowest BCUT2D eigenvalue weighted by Gasteiger charge is -2.33. The third kappa shape index (κ3) is 3.74. The molecule has 1 amide bonds. The molecule has 2 saturated heterocycles. The first-order valence-electron chi connectivity index (χ1n) is 7.75. The fraction of sp³-hybridized carbons (Fsp3) is 0.733. The van der Waals surface area contributed by atoms with Crippen molar-refractivity contribution in [1.82, 2.24) is 9.88 Å². The van der Waals surface area contributed by atoms with E-state index in [1.165, 1.54) is 4.88 Å². The number of thiazole rings is 1. The number of rotatable bonds is 3. The standard InChI is InChI=1S/C15H23N3O2S/c1-12-11-16-15(21-12)18-4-2-13(3-5-18)10-14(19)17-6-8-20-9-7-17/h11,13H,2-10H2,1H3. The first kappa shape index (κ1) is 14.8. The van der Waals surface area contributed by atoms with Crippen LogP contribution in [0.1, 0.15) is 24.1 Å². The summed E-state index contributed by atoms with van der Waals surface area (Å²) < 4.78 is 5.30. The van der Waals surface area contributed by atoms with Crippen LogP contribution in [0.25, 0.3) is 0 Å². The number of hydrogen-bond acceptors (Lipinski definition) is 5. The van der Waals surface area contributed by atoms with Crippen LogP contribution in [0.2, 0.25) is 0 Å². The SMILES string of the molecule is Cc1cnc(N2CCC(CC(=O)N3CCOCC3)CC2)s1. The molecule has 0 aromatic carbocycles. The molecule has 0 N–H and O–H groups in total. The Morgan fingerprint density at radius 1 is 1.33 bits per heavy atom.